The molecule has 2 heterocycles. The third-order valence-corrected chi connectivity index (χ3v) is 4.66. The minimum absolute atomic E-state index is 0.00297. The summed E-state index contributed by atoms with van der Waals surface area (Å²) in [6.07, 6.45) is 0. The number of ether oxygens (including phenoxy) is 1. The van der Waals surface area contributed by atoms with E-state index in [0.29, 0.717) is 30.2 Å². The number of rotatable bonds is 4. The predicted octanol–water partition coefficient (Wildman–Crippen LogP) is 2.48. The van der Waals surface area contributed by atoms with Gasteiger partial charge in [-0.1, -0.05) is 28.1 Å². The molecular formula is C18H15BrN4O3. The standard InChI is InChI=1S/C18H15BrN4O3/c19-11-5-6-13-12(9-11)17(22-21-13)18(25)20-7-8-23-14-3-1-2-4-15(14)26-10-16(23)24/h1-6,9H,7-8,10H2,(H,20,25)(H,21,22). The molecular weight excluding hydrogens is 400 g/mol. The quantitative estimate of drug-likeness (QED) is 0.686. The number of hydrogen-bond acceptors (Lipinski definition) is 4. The van der Waals surface area contributed by atoms with Crippen molar-refractivity contribution >= 4 is 44.3 Å². The van der Waals surface area contributed by atoms with Crippen LogP contribution in [0.4, 0.5) is 5.69 Å². The summed E-state index contributed by atoms with van der Waals surface area (Å²) in [5.41, 5.74) is 1.83. The molecule has 0 bridgehead atoms. The van der Waals surface area contributed by atoms with Crippen LogP contribution in [0.5, 0.6) is 5.75 Å². The largest absolute Gasteiger partial charge is 0.482 e. The Bertz CT molecular complexity index is 1000. The van der Waals surface area contributed by atoms with Gasteiger partial charge in [-0.3, -0.25) is 14.7 Å². The van der Waals surface area contributed by atoms with E-state index in [4.69, 9.17) is 4.74 Å². The topological polar surface area (TPSA) is 87.3 Å². The lowest BCUT2D eigenvalue weighted by Crippen LogP contribution is -2.43. The molecule has 0 radical (unpaired) electrons. The first-order valence-corrected chi connectivity index (χ1v) is 8.87. The van der Waals surface area contributed by atoms with Gasteiger partial charge < -0.3 is 15.0 Å². The number of carbonyl (C=O) groups is 2. The highest BCUT2D eigenvalue weighted by Crippen LogP contribution is 2.31. The zero-order chi connectivity index (χ0) is 18.1. The van der Waals surface area contributed by atoms with Crippen LogP contribution in [0.2, 0.25) is 0 Å². The van der Waals surface area contributed by atoms with E-state index in [0.717, 1.165) is 15.4 Å². The monoisotopic (exact) mass is 414 g/mol. The van der Waals surface area contributed by atoms with Crippen LogP contribution >= 0.6 is 15.9 Å². The van der Waals surface area contributed by atoms with Crippen molar-refractivity contribution in [1.29, 1.82) is 0 Å². The van der Waals surface area contributed by atoms with E-state index in [1.807, 2.05) is 42.5 Å². The molecule has 0 aliphatic carbocycles. The number of aromatic amines is 1. The Morgan fingerprint density at radius 3 is 3.04 bits per heavy atom. The van der Waals surface area contributed by atoms with Crippen molar-refractivity contribution in [1.82, 2.24) is 15.5 Å². The molecule has 3 aromatic rings. The summed E-state index contributed by atoms with van der Waals surface area (Å²) in [4.78, 5) is 26.2. The maximum atomic E-state index is 12.5. The average Bonchev–Trinajstić information content (AvgIpc) is 3.06. The highest BCUT2D eigenvalue weighted by molar-refractivity contribution is 9.10. The molecule has 0 saturated carbocycles. The molecule has 7 nitrogen and oxygen atoms in total. The molecule has 26 heavy (non-hydrogen) atoms. The number of amides is 2. The van der Waals surface area contributed by atoms with E-state index in [9.17, 15) is 9.59 Å². The minimum Gasteiger partial charge on any atom is -0.482 e. The van der Waals surface area contributed by atoms with Crippen LogP contribution in [-0.4, -0.2) is 41.7 Å². The highest BCUT2D eigenvalue weighted by Gasteiger charge is 2.25. The summed E-state index contributed by atoms with van der Waals surface area (Å²) in [5, 5.41) is 10.5. The van der Waals surface area contributed by atoms with E-state index < -0.39 is 0 Å². The summed E-state index contributed by atoms with van der Waals surface area (Å²) in [6, 6.07) is 12.9. The van der Waals surface area contributed by atoms with E-state index in [2.05, 4.69) is 31.4 Å². The molecule has 0 saturated heterocycles. The normalized spacial score (nSPS) is 13.4. The SMILES string of the molecule is O=C(NCCN1C(=O)COc2ccccc21)c1n[nH]c2ccc(Br)cc12. The second-order valence-corrected chi connectivity index (χ2v) is 6.74. The summed E-state index contributed by atoms with van der Waals surface area (Å²) in [5.74, 6) is 0.247. The molecule has 0 spiro atoms. The molecule has 1 aliphatic heterocycles. The molecule has 0 atom stereocenters. The number of anilines is 1. The number of hydrogen-bond donors (Lipinski definition) is 2. The minimum atomic E-state index is -0.289. The van der Waals surface area contributed by atoms with Gasteiger partial charge in [0.15, 0.2) is 12.3 Å². The van der Waals surface area contributed by atoms with Crippen LogP contribution in [0.1, 0.15) is 10.5 Å². The lowest BCUT2D eigenvalue weighted by Gasteiger charge is -2.29. The van der Waals surface area contributed by atoms with Crippen LogP contribution in [0.15, 0.2) is 46.9 Å². The van der Waals surface area contributed by atoms with E-state index in [-0.39, 0.29) is 18.4 Å². The second-order valence-electron chi connectivity index (χ2n) is 5.82. The van der Waals surface area contributed by atoms with Crippen molar-refractivity contribution in [2.24, 2.45) is 0 Å². The highest BCUT2D eigenvalue weighted by atomic mass is 79.9. The summed E-state index contributed by atoms with van der Waals surface area (Å²) < 4.78 is 6.29. The molecule has 0 fully saturated rings. The number of fused-ring (bicyclic) bond motifs is 2. The number of carbonyl (C=O) groups excluding carboxylic acids is 2. The Morgan fingerprint density at radius 1 is 1.31 bits per heavy atom. The molecule has 4 rings (SSSR count). The molecule has 2 N–H and O–H groups in total. The number of benzene rings is 2. The summed E-state index contributed by atoms with van der Waals surface area (Å²) in [7, 11) is 0. The van der Waals surface area contributed by atoms with Gasteiger partial charge in [-0.05, 0) is 30.3 Å². The van der Waals surface area contributed by atoms with Crippen LogP contribution in [-0.2, 0) is 4.79 Å². The molecule has 1 aromatic heterocycles. The van der Waals surface area contributed by atoms with E-state index in [1.165, 1.54) is 0 Å². The first-order chi connectivity index (χ1) is 12.6. The van der Waals surface area contributed by atoms with E-state index >= 15 is 0 Å². The van der Waals surface area contributed by atoms with Crippen molar-refractivity contribution in [3.8, 4) is 5.75 Å². The van der Waals surface area contributed by atoms with Crippen LogP contribution in [0, 0.1) is 0 Å². The number of aromatic nitrogens is 2. The fourth-order valence-electron chi connectivity index (χ4n) is 2.92. The van der Waals surface area contributed by atoms with Gasteiger partial charge in [-0.25, -0.2) is 0 Å². The zero-order valence-corrected chi connectivity index (χ0v) is 15.2. The van der Waals surface area contributed by atoms with Gasteiger partial charge in [0, 0.05) is 22.9 Å². The lowest BCUT2D eigenvalue weighted by molar-refractivity contribution is -0.121. The van der Waals surface area contributed by atoms with Gasteiger partial charge in [-0.2, -0.15) is 5.10 Å². The number of para-hydroxylation sites is 2. The summed E-state index contributed by atoms with van der Waals surface area (Å²) >= 11 is 3.40. The van der Waals surface area contributed by atoms with Gasteiger partial charge in [0.05, 0.1) is 11.2 Å². The first kappa shape index (κ1) is 16.6. The van der Waals surface area contributed by atoms with Gasteiger partial charge in [-0.15, -0.1) is 0 Å². The Balaban J connectivity index is 1.45. The maximum absolute atomic E-state index is 12.5. The third kappa shape index (κ3) is 3.03. The Hall–Kier alpha value is -2.87. The fourth-order valence-corrected chi connectivity index (χ4v) is 3.28. The van der Waals surface area contributed by atoms with Crippen LogP contribution < -0.4 is 15.0 Å². The Kier molecular flexibility index (Phi) is 4.34. The Labute approximate surface area is 157 Å². The molecule has 1 aliphatic rings. The number of halogens is 1. The van der Waals surface area contributed by atoms with Crippen molar-refractivity contribution < 1.29 is 14.3 Å². The smallest absolute Gasteiger partial charge is 0.272 e. The van der Waals surface area contributed by atoms with Crippen molar-refractivity contribution in [3.05, 3.63) is 52.6 Å². The van der Waals surface area contributed by atoms with Crippen LogP contribution in [0.3, 0.4) is 0 Å². The number of nitrogens with one attached hydrogen (secondary N) is 2. The van der Waals surface area contributed by atoms with Crippen molar-refractivity contribution in [2.75, 3.05) is 24.6 Å². The Morgan fingerprint density at radius 2 is 2.15 bits per heavy atom. The van der Waals surface area contributed by atoms with Crippen molar-refractivity contribution in [3.63, 3.8) is 0 Å². The second kappa shape index (κ2) is 6.80. The zero-order valence-electron chi connectivity index (χ0n) is 13.7. The van der Waals surface area contributed by atoms with Gasteiger partial charge >= 0.3 is 0 Å². The summed E-state index contributed by atoms with van der Waals surface area (Å²) in [6.45, 7) is 0.668. The lowest BCUT2D eigenvalue weighted by atomic mass is 10.2. The third-order valence-electron chi connectivity index (χ3n) is 4.17. The van der Waals surface area contributed by atoms with Gasteiger partial charge in [0.1, 0.15) is 5.75 Å². The van der Waals surface area contributed by atoms with Crippen molar-refractivity contribution in [2.45, 2.75) is 0 Å². The van der Waals surface area contributed by atoms with Gasteiger partial charge in [0.2, 0.25) is 0 Å². The number of nitrogens with zero attached hydrogens (tertiary/aromatic N) is 2. The molecule has 8 heteroatoms. The maximum Gasteiger partial charge on any atom is 0.272 e. The van der Waals surface area contributed by atoms with E-state index in [1.54, 1.807) is 4.90 Å². The molecule has 2 amide bonds. The average molecular weight is 415 g/mol. The predicted molar refractivity (Wildman–Crippen MR) is 100 cm³/mol. The molecule has 2 aromatic carbocycles. The van der Waals surface area contributed by atoms with Crippen LogP contribution in [0.25, 0.3) is 10.9 Å². The molecule has 132 valence electrons. The number of H-pyrrole nitrogens is 1. The molecule has 0 unspecified atom stereocenters. The van der Waals surface area contributed by atoms with Gasteiger partial charge in [0.25, 0.3) is 11.8 Å². The first-order valence-electron chi connectivity index (χ1n) is 8.07. The fraction of sp³-hybridized carbons (Fsp3) is 0.167.